The average molecular weight is 751 g/mol. The average Bonchev–Trinajstić information content (AvgIpc) is 3.15. The first-order valence-corrected chi connectivity index (χ1v) is 23.4. The standard InChI is InChI=1S/C47H90O6/c1-5-8-10-12-14-15-23-27-31-35-39-46(49)52-42-44(41-51-45(48)38-34-30-25-13-11-9-6-2)53-47(50)40-36-32-28-24-21-19-17-16-18-20-22-26-29-33-37-43(4)7-3/h43-44H,5-42H2,1-4H3/t43?,44-/m0/s1. The molecule has 0 fully saturated rings. The van der Waals surface area contributed by atoms with Gasteiger partial charge in [0.25, 0.3) is 0 Å². The van der Waals surface area contributed by atoms with Gasteiger partial charge in [-0.2, -0.15) is 0 Å². The number of hydrogen-bond donors (Lipinski definition) is 0. The summed E-state index contributed by atoms with van der Waals surface area (Å²) >= 11 is 0. The highest BCUT2D eigenvalue weighted by atomic mass is 16.6. The molecule has 6 nitrogen and oxygen atoms in total. The maximum absolute atomic E-state index is 12.7. The van der Waals surface area contributed by atoms with E-state index in [9.17, 15) is 14.4 Å². The molecule has 0 spiro atoms. The predicted octanol–water partition coefficient (Wildman–Crippen LogP) is 14.7. The van der Waals surface area contributed by atoms with Crippen LogP contribution in [0.25, 0.3) is 0 Å². The Bertz CT molecular complexity index is 798. The molecule has 0 aromatic heterocycles. The van der Waals surface area contributed by atoms with Crippen molar-refractivity contribution >= 4 is 17.9 Å². The van der Waals surface area contributed by atoms with E-state index in [0.29, 0.717) is 19.3 Å². The summed E-state index contributed by atoms with van der Waals surface area (Å²) in [6.45, 7) is 8.99. The smallest absolute Gasteiger partial charge is 0.306 e. The molecule has 0 aromatic carbocycles. The fraction of sp³-hybridized carbons (Fsp3) is 0.936. The Morgan fingerprint density at radius 1 is 0.377 bits per heavy atom. The van der Waals surface area contributed by atoms with Crippen LogP contribution in [0.15, 0.2) is 0 Å². The number of carbonyl (C=O) groups is 3. The van der Waals surface area contributed by atoms with Crippen LogP contribution in [0.5, 0.6) is 0 Å². The van der Waals surface area contributed by atoms with Gasteiger partial charge in [-0.1, -0.05) is 220 Å². The van der Waals surface area contributed by atoms with E-state index in [1.54, 1.807) is 0 Å². The van der Waals surface area contributed by atoms with Crippen molar-refractivity contribution in [1.29, 1.82) is 0 Å². The molecule has 0 rings (SSSR count). The summed E-state index contributed by atoms with van der Waals surface area (Å²) in [5, 5.41) is 0. The van der Waals surface area contributed by atoms with Gasteiger partial charge in [0.15, 0.2) is 6.10 Å². The van der Waals surface area contributed by atoms with Crippen LogP contribution >= 0.6 is 0 Å². The van der Waals surface area contributed by atoms with Crippen LogP contribution in [0.4, 0.5) is 0 Å². The third-order valence-corrected chi connectivity index (χ3v) is 10.9. The summed E-state index contributed by atoms with van der Waals surface area (Å²) < 4.78 is 16.7. The van der Waals surface area contributed by atoms with Crippen LogP contribution in [-0.4, -0.2) is 37.2 Å². The number of rotatable bonds is 42. The minimum Gasteiger partial charge on any atom is -0.462 e. The zero-order chi connectivity index (χ0) is 38.9. The Labute approximate surface area is 329 Å². The molecule has 0 radical (unpaired) electrons. The van der Waals surface area contributed by atoms with E-state index >= 15 is 0 Å². The lowest BCUT2D eigenvalue weighted by Crippen LogP contribution is -2.30. The first-order valence-electron chi connectivity index (χ1n) is 23.4. The third-order valence-electron chi connectivity index (χ3n) is 10.9. The third kappa shape index (κ3) is 39.9. The molecule has 0 aliphatic rings. The molecule has 1 unspecified atom stereocenters. The van der Waals surface area contributed by atoms with Crippen LogP contribution in [0.3, 0.4) is 0 Å². The fourth-order valence-electron chi connectivity index (χ4n) is 6.95. The quantitative estimate of drug-likeness (QED) is 0.0351. The number of unbranched alkanes of at least 4 members (excludes halogenated alkanes) is 28. The van der Waals surface area contributed by atoms with Crippen LogP contribution < -0.4 is 0 Å². The summed E-state index contributed by atoms with van der Waals surface area (Å²) in [5.41, 5.74) is 0. The largest absolute Gasteiger partial charge is 0.462 e. The topological polar surface area (TPSA) is 78.9 Å². The van der Waals surface area contributed by atoms with Crippen LogP contribution in [0.2, 0.25) is 0 Å². The van der Waals surface area contributed by atoms with E-state index in [4.69, 9.17) is 14.2 Å². The number of ether oxygens (including phenoxy) is 3. The van der Waals surface area contributed by atoms with Crippen LogP contribution in [0.1, 0.15) is 259 Å². The molecule has 0 N–H and O–H groups in total. The van der Waals surface area contributed by atoms with Crippen molar-refractivity contribution in [3.8, 4) is 0 Å². The molecule has 314 valence electrons. The number of esters is 3. The highest BCUT2D eigenvalue weighted by molar-refractivity contribution is 5.71. The van der Waals surface area contributed by atoms with Crippen molar-refractivity contribution in [2.24, 2.45) is 5.92 Å². The Morgan fingerprint density at radius 2 is 0.660 bits per heavy atom. The van der Waals surface area contributed by atoms with E-state index in [1.807, 2.05) is 0 Å². The lowest BCUT2D eigenvalue weighted by atomic mass is 9.99. The maximum Gasteiger partial charge on any atom is 0.306 e. The first kappa shape index (κ1) is 51.4. The minimum absolute atomic E-state index is 0.0641. The molecule has 0 aliphatic heterocycles. The monoisotopic (exact) mass is 751 g/mol. The molecule has 0 amide bonds. The Balaban J connectivity index is 4.21. The zero-order valence-corrected chi connectivity index (χ0v) is 36.0. The molecule has 0 heterocycles. The van der Waals surface area contributed by atoms with Gasteiger partial charge in [-0.3, -0.25) is 14.4 Å². The Kier molecular flexibility index (Phi) is 40.3. The molecule has 0 aliphatic carbocycles. The highest BCUT2D eigenvalue weighted by Crippen LogP contribution is 2.17. The van der Waals surface area contributed by atoms with Gasteiger partial charge < -0.3 is 14.2 Å². The van der Waals surface area contributed by atoms with Crippen molar-refractivity contribution < 1.29 is 28.6 Å². The molecule has 0 aromatic rings. The molecule has 2 atom stereocenters. The van der Waals surface area contributed by atoms with Gasteiger partial charge >= 0.3 is 17.9 Å². The lowest BCUT2D eigenvalue weighted by Gasteiger charge is -2.18. The van der Waals surface area contributed by atoms with Crippen LogP contribution in [-0.2, 0) is 28.6 Å². The van der Waals surface area contributed by atoms with Crippen molar-refractivity contribution in [1.82, 2.24) is 0 Å². The molecular formula is C47H90O6. The second-order valence-electron chi connectivity index (χ2n) is 16.3. The van der Waals surface area contributed by atoms with Crippen molar-refractivity contribution in [3.63, 3.8) is 0 Å². The molecular weight excluding hydrogens is 661 g/mol. The van der Waals surface area contributed by atoms with Crippen LogP contribution in [0, 0.1) is 5.92 Å². The van der Waals surface area contributed by atoms with Gasteiger partial charge in [0.1, 0.15) is 13.2 Å². The van der Waals surface area contributed by atoms with Gasteiger partial charge in [0.05, 0.1) is 0 Å². The van der Waals surface area contributed by atoms with Gasteiger partial charge in [0.2, 0.25) is 0 Å². The Morgan fingerprint density at radius 3 is 0.981 bits per heavy atom. The van der Waals surface area contributed by atoms with E-state index < -0.39 is 6.10 Å². The second-order valence-corrected chi connectivity index (χ2v) is 16.3. The second kappa shape index (κ2) is 41.6. The summed E-state index contributed by atoms with van der Waals surface area (Å²) in [6.07, 6.45) is 40.9. The minimum atomic E-state index is -0.758. The van der Waals surface area contributed by atoms with E-state index in [0.717, 1.165) is 63.7 Å². The fourth-order valence-corrected chi connectivity index (χ4v) is 6.95. The molecule has 53 heavy (non-hydrogen) atoms. The molecule has 0 saturated heterocycles. The lowest BCUT2D eigenvalue weighted by molar-refractivity contribution is -0.167. The normalized spacial score (nSPS) is 12.5. The maximum atomic E-state index is 12.7. The Hall–Kier alpha value is -1.59. The van der Waals surface area contributed by atoms with Gasteiger partial charge in [-0.15, -0.1) is 0 Å². The van der Waals surface area contributed by atoms with Gasteiger partial charge in [-0.25, -0.2) is 0 Å². The van der Waals surface area contributed by atoms with Crippen molar-refractivity contribution in [3.05, 3.63) is 0 Å². The zero-order valence-electron chi connectivity index (χ0n) is 36.0. The SMILES string of the molecule is CCCCCCCCCCCCC(=O)OC[C@H](COC(=O)CCCCCCCCC)OC(=O)CCCCCCCCCCCCCCCCC(C)CC. The molecule has 0 saturated carbocycles. The van der Waals surface area contributed by atoms with Gasteiger partial charge in [0, 0.05) is 19.3 Å². The summed E-state index contributed by atoms with van der Waals surface area (Å²) in [7, 11) is 0. The predicted molar refractivity (Wildman–Crippen MR) is 224 cm³/mol. The van der Waals surface area contributed by atoms with E-state index in [2.05, 4.69) is 27.7 Å². The first-order chi connectivity index (χ1) is 25.9. The molecule has 0 bridgehead atoms. The number of hydrogen-bond acceptors (Lipinski definition) is 6. The van der Waals surface area contributed by atoms with Crippen molar-refractivity contribution in [2.75, 3.05) is 13.2 Å². The van der Waals surface area contributed by atoms with Gasteiger partial charge in [-0.05, 0) is 25.2 Å². The molecule has 6 heteroatoms. The van der Waals surface area contributed by atoms with E-state index in [1.165, 1.54) is 154 Å². The summed E-state index contributed by atoms with van der Waals surface area (Å²) in [6, 6.07) is 0. The van der Waals surface area contributed by atoms with Crippen molar-refractivity contribution in [2.45, 2.75) is 265 Å². The number of carbonyl (C=O) groups excluding carboxylic acids is 3. The summed E-state index contributed by atoms with van der Waals surface area (Å²) in [4.78, 5) is 37.6. The van der Waals surface area contributed by atoms with E-state index in [-0.39, 0.29) is 31.1 Å². The summed E-state index contributed by atoms with van der Waals surface area (Å²) in [5.74, 6) is 0.0346. The highest BCUT2D eigenvalue weighted by Gasteiger charge is 2.19.